The first-order chi connectivity index (χ1) is 9.56. The maximum absolute atomic E-state index is 11.8. The summed E-state index contributed by atoms with van der Waals surface area (Å²) in [5.74, 6) is -1.30. The van der Waals surface area contributed by atoms with Gasteiger partial charge in [0.25, 0.3) is 0 Å². The molecule has 0 bridgehead atoms. The summed E-state index contributed by atoms with van der Waals surface area (Å²) in [6, 6.07) is 7.59. The average molecular weight is 296 g/mol. The van der Waals surface area contributed by atoms with Crippen LogP contribution >= 0.6 is 11.6 Å². The van der Waals surface area contributed by atoms with E-state index in [2.05, 4.69) is 4.90 Å². The van der Waals surface area contributed by atoms with Crippen LogP contribution in [0.4, 0.5) is 5.69 Å². The van der Waals surface area contributed by atoms with E-state index in [1.807, 2.05) is 24.3 Å². The van der Waals surface area contributed by atoms with Crippen molar-refractivity contribution in [2.75, 3.05) is 31.1 Å². The maximum atomic E-state index is 11.8. The second kappa shape index (κ2) is 6.61. The van der Waals surface area contributed by atoms with Gasteiger partial charge in [-0.05, 0) is 30.7 Å². The highest BCUT2D eigenvalue weighted by atomic mass is 35.5. The molecular formula is C14H16ClN2O3-. The first kappa shape index (κ1) is 14.7. The molecule has 2 rings (SSSR count). The van der Waals surface area contributed by atoms with Crippen molar-refractivity contribution in [2.24, 2.45) is 0 Å². The Balaban J connectivity index is 1.84. The largest absolute Gasteiger partial charge is 0.550 e. The number of benzene rings is 1. The van der Waals surface area contributed by atoms with Gasteiger partial charge in [-0.1, -0.05) is 11.6 Å². The van der Waals surface area contributed by atoms with Gasteiger partial charge in [-0.15, -0.1) is 0 Å². The second-order valence-electron chi connectivity index (χ2n) is 4.72. The fourth-order valence-electron chi connectivity index (χ4n) is 2.23. The zero-order chi connectivity index (χ0) is 14.5. The van der Waals surface area contributed by atoms with Crippen LogP contribution in [0.2, 0.25) is 5.02 Å². The van der Waals surface area contributed by atoms with Gasteiger partial charge in [0, 0.05) is 49.3 Å². The van der Waals surface area contributed by atoms with Crippen LogP contribution in [0.25, 0.3) is 0 Å². The highest BCUT2D eigenvalue weighted by Gasteiger charge is 2.20. The highest BCUT2D eigenvalue weighted by Crippen LogP contribution is 2.19. The molecule has 5 nitrogen and oxygen atoms in total. The Morgan fingerprint density at radius 2 is 1.65 bits per heavy atom. The minimum Gasteiger partial charge on any atom is -0.550 e. The third-order valence-corrected chi connectivity index (χ3v) is 3.62. The number of amides is 1. The van der Waals surface area contributed by atoms with Crippen molar-refractivity contribution in [3.8, 4) is 0 Å². The number of anilines is 1. The van der Waals surface area contributed by atoms with Gasteiger partial charge >= 0.3 is 0 Å². The molecular weight excluding hydrogens is 280 g/mol. The third-order valence-electron chi connectivity index (χ3n) is 3.37. The number of hydrogen-bond donors (Lipinski definition) is 0. The number of hydrogen-bond acceptors (Lipinski definition) is 4. The van der Waals surface area contributed by atoms with E-state index >= 15 is 0 Å². The molecule has 20 heavy (non-hydrogen) atoms. The quantitative estimate of drug-likeness (QED) is 0.812. The second-order valence-corrected chi connectivity index (χ2v) is 5.15. The Hall–Kier alpha value is -1.75. The zero-order valence-electron chi connectivity index (χ0n) is 11.0. The number of rotatable bonds is 4. The molecule has 0 unspecified atom stereocenters. The Morgan fingerprint density at radius 3 is 2.20 bits per heavy atom. The fourth-order valence-corrected chi connectivity index (χ4v) is 2.36. The lowest BCUT2D eigenvalue weighted by Crippen LogP contribution is -2.49. The third kappa shape index (κ3) is 3.87. The van der Waals surface area contributed by atoms with E-state index in [0.29, 0.717) is 18.1 Å². The summed E-state index contributed by atoms with van der Waals surface area (Å²) in [4.78, 5) is 26.0. The first-order valence-corrected chi connectivity index (χ1v) is 6.92. The Labute approximate surface area is 122 Å². The van der Waals surface area contributed by atoms with Crippen LogP contribution in [0, 0.1) is 0 Å². The molecule has 0 radical (unpaired) electrons. The first-order valence-electron chi connectivity index (χ1n) is 6.54. The maximum Gasteiger partial charge on any atom is 0.223 e. The van der Waals surface area contributed by atoms with Crippen molar-refractivity contribution in [3.05, 3.63) is 29.3 Å². The van der Waals surface area contributed by atoms with E-state index < -0.39 is 5.97 Å². The minimum atomic E-state index is -1.18. The number of halogens is 1. The normalized spacial score (nSPS) is 15.2. The van der Waals surface area contributed by atoms with E-state index in [9.17, 15) is 14.7 Å². The number of piperazine rings is 1. The molecule has 108 valence electrons. The van der Waals surface area contributed by atoms with Gasteiger partial charge in [0.2, 0.25) is 5.91 Å². The van der Waals surface area contributed by atoms with E-state index in [0.717, 1.165) is 18.8 Å². The molecule has 1 saturated heterocycles. The molecule has 0 aliphatic carbocycles. The molecule has 0 saturated carbocycles. The molecule has 1 aliphatic heterocycles. The molecule has 0 aromatic heterocycles. The van der Waals surface area contributed by atoms with Crippen LogP contribution in [-0.4, -0.2) is 43.0 Å². The minimum absolute atomic E-state index is 0.0171. The lowest BCUT2D eigenvalue weighted by Gasteiger charge is -2.36. The Bertz CT molecular complexity index is 482. The number of carboxylic acid groups (broad SMARTS) is 1. The summed E-state index contributed by atoms with van der Waals surface area (Å²) in [7, 11) is 0. The van der Waals surface area contributed by atoms with E-state index in [1.165, 1.54) is 0 Å². The van der Waals surface area contributed by atoms with Gasteiger partial charge in [0.1, 0.15) is 0 Å². The molecule has 0 N–H and O–H groups in total. The van der Waals surface area contributed by atoms with Crippen LogP contribution in [-0.2, 0) is 9.59 Å². The predicted molar refractivity (Wildman–Crippen MR) is 74.5 cm³/mol. The van der Waals surface area contributed by atoms with Gasteiger partial charge in [-0.3, -0.25) is 4.79 Å². The molecule has 1 aromatic rings. The van der Waals surface area contributed by atoms with Crippen molar-refractivity contribution >= 4 is 29.2 Å². The van der Waals surface area contributed by atoms with Crippen molar-refractivity contribution in [1.29, 1.82) is 0 Å². The average Bonchev–Trinajstić information content (AvgIpc) is 2.46. The topological polar surface area (TPSA) is 63.7 Å². The van der Waals surface area contributed by atoms with E-state index in [1.54, 1.807) is 4.90 Å². The number of aliphatic carboxylic acids is 1. The van der Waals surface area contributed by atoms with Gasteiger partial charge in [-0.25, -0.2) is 0 Å². The van der Waals surface area contributed by atoms with Gasteiger partial charge in [0.15, 0.2) is 0 Å². The summed E-state index contributed by atoms with van der Waals surface area (Å²) in [5, 5.41) is 11.0. The smallest absolute Gasteiger partial charge is 0.223 e. The molecule has 0 atom stereocenters. The molecule has 1 heterocycles. The molecule has 0 spiro atoms. The van der Waals surface area contributed by atoms with Gasteiger partial charge < -0.3 is 19.7 Å². The van der Waals surface area contributed by atoms with Crippen molar-refractivity contribution < 1.29 is 14.7 Å². The van der Waals surface area contributed by atoms with Crippen molar-refractivity contribution in [3.63, 3.8) is 0 Å². The molecule has 1 fully saturated rings. The molecule has 1 aliphatic rings. The van der Waals surface area contributed by atoms with Crippen LogP contribution in [0.15, 0.2) is 24.3 Å². The monoisotopic (exact) mass is 295 g/mol. The van der Waals surface area contributed by atoms with Crippen molar-refractivity contribution in [2.45, 2.75) is 12.8 Å². The number of carbonyl (C=O) groups is 2. The number of carbonyl (C=O) groups excluding carboxylic acids is 2. The summed E-state index contributed by atoms with van der Waals surface area (Å²) in [6.45, 7) is 2.68. The van der Waals surface area contributed by atoms with Gasteiger partial charge in [-0.2, -0.15) is 0 Å². The van der Waals surface area contributed by atoms with E-state index in [-0.39, 0.29) is 18.7 Å². The lowest BCUT2D eigenvalue weighted by molar-refractivity contribution is -0.305. The van der Waals surface area contributed by atoms with Gasteiger partial charge in [0.05, 0.1) is 0 Å². The Kier molecular flexibility index (Phi) is 4.84. The molecule has 6 heteroatoms. The predicted octanol–water partition coefficient (Wildman–Crippen LogP) is 0.519. The fraction of sp³-hybridized carbons (Fsp3) is 0.429. The zero-order valence-corrected chi connectivity index (χ0v) is 11.8. The summed E-state index contributed by atoms with van der Waals surface area (Å²) in [5.41, 5.74) is 1.08. The van der Waals surface area contributed by atoms with Crippen LogP contribution in [0.5, 0.6) is 0 Å². The Morgan fingerprint density at radius 1 is 1.05 bits per heavy atom. The molecule has 1 amide bonds. The number of nitrogens with zero attached hydrogens (tertiary/aromatic N) is 2. The highest BCUT2D eigenvalue weighted by molar-refractivity contribution is 6.30. The summed E-state index contributed by atoms with van der Waals surface area (Å²) in [6.07, 6.45) is -0.195. The standard InChI is InChI=1S/C14H17ClN2O3/c15-11-1-3-12(4-2-11)16-7-9-17(10-8-16)13(18)5-6-14(19)20/h1-4H,5-10H2,(H,19,20)/p-1. The van der Waals surface area contributed by atoms with Crippen LogP contribution in [0.3, 0.4) is 0 Å². The summed E-state index contributed by atoms with van der Waals surface area (Å²) < 4.78 is 0. The number of carboxylic acids is 1. The van der Waals surface area contributed by atoms with Crippen molar-refractivity contribution in [1.82, 2.24) is 4.90 Å². The van der Waals surface area contributed by atoms with E-state index in [4.69, 9.17) is 11.6 Å². The van der Waals surface area contributed by atoms with Crippen LogP contribution in [0.1, 0.15) is 12.8 Å². The lowest BCUT2D eigenvalue weighted by atomic mass is 10.2. The van der Waals surface area contributed by atoms with Crippen LogP contribution < -0.4 is 10.0 Å². The summed E-state index contributed by atoms with van der Waals surface area (Å²) >= 11 is 5.85. The molecule has 1 aromatic carbocycles. The SMILES string of the molecule is O=C([O-])CCC(=O)N1CCN(c2ccc(Cl)cc2)CC1.